The summed E-state index contributed by atoms with van der Waals surface area (Å²) in [4.78, 5) is 23.5. The van der Waals surface area contributed by atoms with Crippen LogP contribution < -0.4 is 15.4 Å². The molecule has 1 aliphatic rings. The number of benzene rings is 2. The van der Waals surface area contributed by atoms with Gasteiger partial charge in [-0.1, -0.05) is 17.2 Å². The summed E-state index contributed by atoms with van der Waals surface area (Å²) in [5, 5.41) is 21.9. The first kappa shape index (κ1) is 25.0. The summed E-state index contributed by atoms with van der Waals surface area (Å²) >= 11 is 0. The number of amides is 1. The summed E-state index contributed by atoms with van der Waals surface area (Å²) in [5.74, 6) is -1.39. The van der Waals surface area contributed by atoms with E-state index in [1.807, 2.05) is 0 Å². The van der Waals surface area contributed by atoms with E-state index in [0.717, 1.165) is 12.1 Å². The van der Waals surface area contributed by atoms with Crippen molar-refractivity contribution in [1.29, 1.82) is 0 Å². The lowest BCUT2D eigenvalue weighted by molar-refractivity contribution is -0.143. The lowest BCUT2D eigenvalue weighted by atomic mass is 9.87. The summed E-state index contributed by atoms with van der Waals surface area (Å²) < 4.78 is 49.1. The minimum Gasteiger partial charge on any atom is -0.490 e. The molecule has 2 aromatic carbocycles. The number of carboxylic acids is 1. The molecule has 1 heterocycles. The molecule has 3 N–H and O–H groups in total. The molecule has 3 aromatic rings. The van der Waals surface area contributed by atoms with Crippen LogP contribution in [-0.4, -0.2) is 33.3 Å². The van der Waals surface area contributed by atoms with Crippen LogP contribution in [0.25, 0.3) is 0 Å². The monoisotopic (exact) mass is 504 g/mol. The molecule has 0 aliphatic heterocycles. The molecule has 0 spiro atoms. The van der Waals surface area contributed by atoms with E-state index >= 15 is 0 Å². The van der Waals surface area contributed by atoms with Crippen molar-refractivity contribution in [1.82, 2.24) is 10.2 Å². The van der Waals surface area contributed by atoms with Crippen molar-refractivity contribution in [3.63, 3.8) is 0 Å². The molecule has 1 saturated carbocycles. The maximum absolute atomic E-state index is 12.6. The summed E-state index contributed by atoms with van der Waals surface area (Å²) in [6.45, 7) is 0.126. The van der Waals surface area contributed by atoms with E-state index in [-0.39, 0.29) is 30.5 Å². The van der Waals surface area contributed by atoms with Crippen LogP contribution in [0, 0.1) is 5.92 Å². The van der Waals surface area contributed by atoms with E-state index in [4.69, 9.17) is 14.3 Å². The van der Waals surface area contributed by atoms with Crippen molar-refractivity contribution in [3.8, 4) is 5.75 Å². The van der Waals surface area contributed by atoms with Crippen LogP contribution in [0.4, 0.5) is 24.9 Å². The smallest absolute Gasteiger partial charge is 0.416 e. The van der Waals surface area contributed by atoms with E-state index in [1.54, 1.807) is 24.3 Å². The molecule has 36 heavy (non-hydrogen) atoms. The second-order valence-electron chi connectivity index (χ2n) is 8.37. The van der Waals surface area contributed by atoms with Gasteiger partial charge in [-0.3, -0.25) is 9.59 Å². The van der Waals surface area contributed by atoms with Gasteiger partial charge in [-0.05, 0) is 67.6 Å². The maximum atomic E-state index is 12.6. The second-order valence-corrected chi connectivity index (χ2v) is 8.37. The molecule has 190 valence electrons. The standard InChI is InChI=1S/C24H23F3N4O5/c25-24(26,27)16-5-1-14(2-6-16)13-28-23-31-30-21(36-23)20(32)29-17-7-11-19(12-8-17)35-18-9-3-15(4-10-18)22(33)34/h1-2,5-8,11-12,15,18H,3-4,9-10,13H2,(H,28,31)(H,29,32)(H,33,34). The van der Waals surface area contributed by atoms with Crippen molar-refractivity contribution >= 4 is 23.6 Å². The zero-order chi connectivity index (χ0) is 25.7. The van der Waals surface area contributed by atoms with Gasteiger partial charge in [0, 0.05) is 12.2 Å². The van der Waals surface area contributed by atoms with Gasteiger partial charge < -0.3 is 24.9 Å². The van der Waals surface area contributed by atoms with Gasteiger partial charge >= 0.3 is 30.0 Å². The molecule has 0 unspecified atom stereocenters. The Morgan fingerprint density at radius 1 is 1.00 bits per heavy atom. The number of rotatable bonds is 8. The molecule has 1 aromatic heterocycles. The number of hydrogen-bond acceptors (Lipinski definition) is 7. The van der Waals surface area contributed by atoms with Crippen molar-refractivity contribution in [2.75, 3.05) is 10.6 Å². The summed E-state index contributed by atoms with van der Waals surface area (Å²) in [6.07, 6.45) is -1.95. The Hall–Kier alpha value is -4.09. The number of hydrogen-bond donors (Lipinski definition) is 3. The Kier molecular flexibility index (Phi) is 7.41. The highest BCUT2D eigenvalue weighted by atomic mass is 19.4. The first-order chi connectivity index (χ1) is 17.2. The lowest BCUT2D eigenvalue weighted by Gasteiger charge is -2.26. The van der Waals surface area contributed by atoms with Crippen LogP contribution in [0.1, 0.15) is 47.5 Å². The Morgan fingerprint density at radius 3 is 2.28 bits per heavy atom. The summed E-state index contributed by atoms with van der Waals surface area (Å²) in [6, 6.07) is 11.2. The molecule has 9 nitrogen and oxygen atoms in total. The zero-order valence-electron chi connectivity index (χ0n) is 18.9. The minimum absolute atomic E-state index is 0.0482. The molecule has 1 fully saturated rings. The first-order valence-electron chi connectivity index (χ1n) is 11.2. The predicted octanol–water partition coefficient (Wildman–Crippen LogP) is 4.98. The number of anilines is 2. The summed E-state index contributed by atoms with van der Waals surface area (Å²) in [5.41, 5.74) is 0.286. The molecular formula is C24H23F3N4O5. The highest BCUT2D eigenvalue weighted by molar-refractivity contribution is 6.00. The van der Waals surface area contributed by atoms with Crippen molar-refractivity contribution in [3.05, 3.63) is 65.5 Å². The molecule has 0 atom stereocenters. The molecule has 0 bridgehead atoms. The van der Waals surface area contributed by atoms with Crippen LogP contribution in [0.15, 0.2) is 52.9 Å². The predicted molar refractivity (Wildman–Crippen MR) is 121 cm³/mol. The van der Waals surface area contributed by atoms with Gasteiger partial charge in [0.2, 0.25) is 0 Å². The van der Waals surface area contributed by atoms with Crippen molar-refractivity contribution in [2.24, 2.45) is 5.92 Å². The first-order valence-corrected chi connectivity index (χ1v) is 11.2. The fraction of sp³-hybridized carbons (Fsp3) is 0.333. The number of nitrogens with zero attached hydrogens (tertiary/aromatic N) is 2. The second kappa shape index (κ2) is 10.7. The van der Waals surface area contributed by atoms with E-state index in [2.05, 4.69) is 20.8 Å². The van der Waals surface area contributed by atoms with Gasteiger partial charge in [0.1, 0.15) is 5.75 Å². The third kappa shape index (κ3) is 6.52. The van der Waals surface area contributed by atoms with Crippen LogP contribution in [0.3, 0.4) is 0 Å². The van der Waals surface area contributed by atoms with E-state index in [9.17, 15) is 22.8 Å². The lowest BCUT2D eigenvalue weighted by Crippen LogP contribution is -2.27. The Labute approximate surface area is 203 Å². The van der Waals surface area contributed by atoms with Gasteiger partial charge in [-0.25, -0.2) is 0 Å². The normalized spacial score (nSPS) is 17.9. The number of aliphatic carboxylic acids is 1. The fourth-order valence-corrected chi connectivity index (χ4v) is 3.80. The van der Waals surface area contributed by atoms with Gasteiger partial charge in [0.05, 0.1) is 17.6 Å². The topological polar surface area (TPSA) is 127 Å². The summed E-state index contributed by atoms with van der Waals surface area (Å²) in [7, 11) is 0. The van der Waals surface area contributed by atoms with E-state index in [1.165, 1.54) is 12.1 Å². The van der Waals surface area contributed by atoms with Gasteiger partial charge in [0.25, 0.3) is 0 Å². The van der Waals surface area contributed by atoms with Crippen LogP contribution >= 0.6 is 0 Å². The Balaban J connectivity index is 1.25. The molecule has 12 heteroatoms. The number of carbonyl (C=O) groups excluding carboxylic acids is 1. The van der Waals surface area contributed by atoms with Crippen LogP contribution in [0.5, 0.6) is 5.75 Å². The van der Waals surface area contributed by atoms with Gasteiger partial charge in [-0.15, -0.1) is 5.10 Å². The number of alkyl halides is 3. The van der Waals surface area contributed by atoms with E-state index in [0.29, 0.717) is 42.7 Å². The Morgan fingerprint density at radius 2 is 1.67 bits per heavy atom. The van der Waals surface area contributed by atoms with Crippen LogP contribution in [0.2, 0.25) is 0 Å². The number of nitrogens with one attached hydrogen (secondary N) is 2. The number of carbonyl (C=O) groups is 2. The minimum atomic E-state index is -4.41. The van der Waals surface area contributed by atoms with Crippen molar-refractivity contribution < 1.29 is 37.0 Å². The van der Waals surface area contributed by atoms with Crippen LogP contribution in [-0.2, 0) is 17.5 Å². The highest BCUT2D eigenvalue weighted by Gasteiger charge is 2.30. The van der Waals surface area contributed by atoms with Gasteiger partial charge in [0.15, 0.2) is 0 Å². The molecule has 1 amide bonds. The largest absolute Gasteiger partial charge is 0.490 e. The third-order valence-corrected chi connectivity index (χ3v) is 5.78. The molecule has 4 rings (SSSR count). The number of carboxylic acid groups (broad SMARTS) is 1. The SMILES string of the molecule is O=C(Nc1ccc(OC2CCC(C(=O)O)CC2)cc1)c1nnc(NCc2ccc(C(F)(F)F)cc2)o1. The highest BCUT2D eigenvalue weighted by Crippen LogP contribution is 2.30. The quantitative estimate of drug-likeness (QED) is 0.392. The maximum Gasteiger partial charge on any atom is 0.416 e. The number of aromatic nitrogens is 2. The molecule has 1 aliphatic carbocycles. The van der Waals surface area contributed by atoms with E-state index < -0.39 is 23.6 Å². The fourth-order valence-electron chi connectivity index (χ4n) is 3.80. The zero-order valence-corrected chi connectivity index (χ0v) is 18.9. The molecule has 0 radical (unpaired) electrons. The molecule has 0 saturated heterocycles. The Bertz CT molecular complexity index is 1190. The van der Waals surface area contributed by atoms with Gasteiger partial charge in [-0.2, -0.15) is 13.2 Å². The average molecular weight is 504 g/mol. The third-order valence-electron chi connectivity index (χ3n) is 5.78. The molecular weight excluding hydrogens is 481 g/mol. The number of halogens is 3. The number of ether oxygens (including phenoxy) is 1. The average Bonchev–Trinajstić information content (AvgIpc) is 3.33. The van der Waals surface area contributed by atoms with Crippen molar-refractivity contribution in [2.45, 2.75) is 44.5 Å².